The summed E-state index contributed by atoms with van der Waals surface area (Å²) in [4.78, 5) is 35.7. The number of amides is 2. The minimum atomic E-state index is -0.443. The molecule has 4 aromatic rings. The van der Waals surface area contributed by atoms with E-state index in [1.807, 2.05) is 53.4 Å². The Morgan fingerprint density at radius 3 is 2.63 bits per heavy atom. The van der Waals surface area contributed by atoms with Crippen LogP contribution in [-0.4, -0.2) is 77.1 Å². The van der Waals surface area contributed by atoms with Gasteiger partial charge in [0.25, 0.3) is 5.91 Å². The zero-order chi connectivity index (χ0) is 28.3. The molecule has 214 valence electrons. The van der Waals surface area contributed by atoms with Gasteiger partial charge in [0, 0.05) is 64.0 Å². The van der Waals surface area contributed by atoms with Gasteiger partial charge in [-0.15, -0.1) is 0 Å². The van der Waals surface area contributed by atoms with E-state index in [1.54, 1.807) is 24.1 Å². The Hall–Kier alpha value is -3.95. The van der Waals surface area contributed by atoms with E-state index >= 15 is 0 Å². The summed E-state index contributed by atoms with van der Waals surface area (Å²) in [6.07, 6.45) is 2.76. The molecule has 2 fully saturated rings. The van der Waals surface area contributed by atoms with Crippen LogP contribution in [0.2, 0.25) is 0 Å². The van der Waals surface area contributed by atoms with Crippen molar-refractivity contribution in [3.8, 4) is 11.3 Å². The third-order valence-electron chi connectivity index (χ3n) is 8.36. The Morgan fingerprint density at radius 2 is 1.80 bits per heavy atom. The molecule has 9 heteroatoms. The van der Waals surface area contributed by atoms with Crippen LogP contribution in [0.3, 0.4) is 0 Å². The number of benzene rings is 2. The van der Waals surface area contributed by atoms with Crippen molar-refractivity contribution in [1.29, 1.82) is 0 Å². The quantitative estimate of drug-likeness (QED) is 0.328. The lowest BCUT2D eigenvalue weighted by atomic mass is 9.94. The lowest BCUT2D eigenvalue weighted by Crippen LogP contribution is -2.47. The zero-order valence-corrected chi connectivity index (χ0v) is 23.4. The first-order chi connectivity index (χ1) is 20.0. The molecule has 0 aliphatic carbocycles. The van der Waals surface area contributed by atoms with Crippen molar-refractivity contribution in [2.75, 3.05) is 39.9 Å². The lowest BCUT2D eigenvalue weighted by molar-refractivity contribution is -0.136. The maximum Gasteiger partial charge on any atom is 0.289 e. The third-order valence-corrected chi connectivity index (χ3v) is 8.36. The molecule has 2 saturated heterocycles. The summed E-state index contributed by atoms with van der Waals surface area (Å²) >= 11 is 0. The summed E-state index contributed by atoms with van der Waals surface area (Å²) in [6, 6.07) is 20.9. The van der Waals surface area contributed by atoms with Crippen molar-refractivity contribution in [3.63, 3.8) is 0 Å². The summed E-state index contributed by atoms with van der Waals surface area (Å²) in [6.45, 7) is 3.40. The van der Waals surface area contributed by atoms with Crippen molar-refractivity contribution in [1.82, 2.24) is 19.4 Å². The second kappa shape index (κ2) is 11.9. The highest BCUT2D eigenvalue weighted by Gasteiger charge is 2.41. The number of nitrogens with two attached hydrogens (primary N) is 1. The second-order valence-corrected chi connectivity index (χ2v) is 11.1. The Balaban J connectivity index is 1.14. The number of likely N-dealkylation sites (tertiary alicyclic amines) is 2. The van der Waals surface area contributed by atoms with Crippen LogP contribution >= 0.6 is 0 Å². The Bertz CT molecular complexity index is 1510. The van der Waals surface area contributed by atoms with Gasteiger partial charge >= 0.3 is 0 Å². The molecule has 2 amide bonds. The van der Waals surface area contributed by atoms with E-state index in [4.69, 9.17) is 19.9 Å². The number of furan rings is 1. The summed E-state index contributed by atoms with van der Waals surface area (Å²) in [7, 11) is 1.72. The summed E-state index contributed by atoms with van der Waals surface area (Å²) in [5, 5.41) is 0. The van der Waals surface area contributed by atoms with Crippen LogP contribution in [0, 0.1) is 5.92 Å². The summed E-state index contributed by atoms with van der Waals surface area (Å²) in [5.74, 6) is 1.40. The Labute approximate surface area is 239 Å². The van der Waals surface area contributed by atoms with Gasteiger partial charge in [-0.3, -0.25) is 9.59 Å². The first-order valence-corrected chi connectivity index (χ1v) is 14.5. The number of para-hydroxylation sites is 2. The number of carbonyl (C=O) groups excluding carboxylic acids is 2. The molecule has 0 saturated carbocycles. The molecule has 2 aromatic heterocycles. The van der Waals surface area contributed by atoms with Crippen LogP contribution in [0.15, 0.2) is 71.1 Å². The van der Waals surface area contributed by atoms with Crippen LogP contribution in [0.1, 0.15) is 41.6 Å². The number of ether oxygens (including phenoxy) is 1. The van der Waals surface area contributed by atoms with Gasteiger partial charge in [0.1, 0.15) is 11.6 Å². The molecule has 41 heavy (non-hydrogen) atoms. The number of methoxy groups -OCH3 is 1. The Kier molecular flexibility index (Phi) is 7.89. The van der Waals surface area contributed by atoms with Crippen molar-refractivity contribution >= 4 is 22.8 Å². The number of piperidine rings is 1. The first-order valence-electron chi connectivity index (χ1n) is 14.5. The molecule has 6 rings (SSSR count). The molecule has 9 nitrogen and oxygen atoms in total. The maximum atomic E-state index is 13.8. The predicted molar refractivity (Wildman–Crippen MR) is 156 cm³/mol. The monoisotopic (exact) mass is 555 g/mol. The van der Waals surface area contributed by atoms with E-state index in [1.165, 1.54) is 0 Å². The van der Waals surface area contributed by atoms with Gasteiger partial charge in [-0.2, -0.15) is 0 Å². The maximum absolute atomic E-state index is 13.8. The van der Waals surface area contributed by atoms with E-state index in [-0.39, 0.29) is 30.0 Å². The van der Waals surface area contributed by atoms with Gasteiger partial charge in [-0.1, -0.05) is 42.5 Å². The minimum Gasteiger partial charge on any atom is -0.451 e. The van der Waals surface area contributed by atoms with Crippen molar-refractivity contribution < 1.29 is 18.7 Å². The number of carbonyl (C=O) groups is 2. The molecule has 2 aliphatic heterocycles. The first kappa shape index (κ1) is 27.2. The molecule has 4 heterocycles. The number of fused-ring (bicyclic) bond motifs is 1. The van der Waals surface area contributed by atoms with Crippen LogP contribution in [-0.2, 0) is 16.1 Å². The molecule has 0 radical (unpaired) electrons. The molecular weight excluding hydrogens is 518 g/mol. The van der Waals surface area contributed by atoms with Crippen molar-refractivity contribution in [3.05, 3.63) is 78.3 Å². The molecular formula is C32H37N5O4. The van der Waals surface area contributed by atoms with E-state index in [0.717, 1.165) is 48.2 Å². The normalized spacial score (nSPS) is 21.1. The summed E-state index contributed by atoms with van der Waals surface area (Å²) in [5.41, 5.74) is 9.47. The smallest absolute Gasteiger partial charge is 0.289 e. The number of hydrogen-bond acceptors (Lipinski definition) is 6. The fourth-order valence-corrected chi connectivity index (χ4v) is 6.25. The van der Waals surface area contributed by atoms with Gasteiger partial charge in [0.15, 0.2) is 5.76 Å². The van der Waals surface area contributed by atoms with E-state index in [2.05, 4.69) is 10.6 Å². The average Bonchev–Trinajstić information content (AvgIpc) is 3.75. The molecule has 2 aliphatic rings. The fourth-order valence-electron chi connectivity index (χ4n) is 6.25. The minimum absolute atomic E-state index is 0.0176. The number of aromatic nitrogens is 2. The zero-order valence-electron chi connectivity index (χ0n) is 23.4. The molecule has 0 spiro atoms. The molecule has 0 bridgehead atoms. The summed E-state index contributed by atoms with van der Waals surface area (Å²) < 4.78 is 13.5. The number of nitrogens with zero attached hydrogens (tertiary/aromatic N) is 4. The number of hydrogen-bond donors (Lipinski definition) is 1. The highest BCUT2D eigenvalue weighted by Crippen LogP contribution is 2.32. The predicted octanol–water partition coefficient (Wildman–Crippen LogP) is 4.14. The van der Waals surface area contributed by atoms with Gasteiger partial charge in [-0.05, 0) is 43.5 Å². The average molecular weight is 556 g/mol. The number of rotatable bonds is 8. The van der Waals surface area contributed by atoms with Gasteiger partial charge in [-0.25, -0.2) is 4.98 Å². The standard InChI is InChI=1S/C32H37N5O4/c1-40-18-8-17-37-27-13-6-5-12-26(27)34-30(37)23-11-7-16-35(19-23)31(38)24-20-36(21-25(24)33)32(39)29-15-14-28(41-29)22-9-3-2-4-10-22/h2-6,9-10,12-15,23-25H,7-8,11,16-21,33H2,1H3/t23?,24-,25-/m1/s1. The Morgan fingerprint density at radius 1 is 1.00 bits per heavy atom. The van der Waals surface area contributed by atoms with Gasteiger partial charge < -0.3 is 29.3 Å². The highest BCUT2D eigenvalue weighted by molar-refractivity contribution is 5.93. The largest absolute Gasteiger partial charge is 0.451 e. The topological polar surface area (TPSA) is 107 Å². The fraction of sp³-hybridized carbons (Fsp3) is 0.406. The lowest BCUT2D eigenvalue weighted by Gasteiger charge is -2.35. The van der Waals surface area contributed by atoms with Gasteiger partial charge in [0.05, 0.1) is 17.0 Å². The third kappa shape index (κ3) is 5.52. The van der Waals surface area contributed by atoms with Crippen LogP contribution < -0.4 is 5.73 Å². The van der Waals surface area contributed by atoms with E-state index < -0.39 is 12.0 Å². The SMILES string of the molecule is COCCCn1c(C2CCCN(C(=O)[C@@H]3CN(C(=O)c4ccc(-c5ccccc5)o4)C[C@H]3N)C2)nc2ccccc21. The van der Waals surface area contributed by atoms with E-state index in [9.17, 15) is 9.59 Å². The molecule has 1 unspecified atom stereocenters. The van der Waals surface area contributed by atoms with Crippen molar-refractivity contribution in [2.24, 2.45) is 11.7 Å². The van der Waals surface area contributed by atoms with Crippen LogP contribution in [0.5, 0.6) is 0 Å². The second-order valence-electron chi connectivity index (χ2n) is 11.1. The molecule has 2 aromatic carbocycles. The van der Waals surface area contributed by atoms with Gasteiger partial charge in [0.2, 0.25) is 5.91 Å². The molecule has 2 N–H and O–H groups in total. The highest BCUT2D eigenvalue weighted by atomic mass is 16.5. The van der Waals surface area contributed by atoms with Crippen LogP contribution in [0.25, 0.3) is 22.4 Å². The number of imidazole rings is 1. The number of aryl methyl sites for hydroxylation is 1. The van der Waals surface area contributed by atoms with Crippen molar-refractivity contribution in [2.45, 2.75) is 37.8 Å². The van der Waals surface area contributed by atoms with E-state index in [0.29, 0.717) is 32.0 Å². The van der Waals surface area contributed by atoms with Crippen LogP contribution in [0.4, 0.5) is 0 Å². The molecule has 3 atom stereocenters.